The monoisotopic (exact) mass is 481 g/mol. The zero-order valence-electron chi connectivity index (χ0n) is 20.2. The second kappa shape index (κ2) is 12.0. The van der Waals surface area contributed by atoms with Crippen LogP contribution in [0.5, 0.6) is 5.75 Å². The Morgan fingerprint density at radius 1 is 0.857 bits per heavy atom. The van der Waals surface area contributed by atoms with Crippen LogP contribution < -0.4 is 15.4 Å². The lowest BCUT2D eigenvalue weighted by Crippen LogP contribution is -2.49. The van der Waals surface area contributed by atoms with E-state index in [-0.39, 0.29) is 36.1 Å². The van der Waals surface area contributed by atoms with Gasteiger partial charge in [-0.15, -0.1) is 0 Å². The molecule has 2 aromatic carbocycles. The standard InChI is InChI=1S/C26H31N3O6/c1-17-5-4-6-18(2)29(17)25(32)16-34-23-13-7-20(8-14-23)26(33)35-15-24(31)28-22-11-9-21(10-12-22)27-19(3)30/h7-14,17-18H,4-6,15-16H2,1-3H3,(H,27,30)(H,28,31). The number of nitrogens with one attached hydrogen (secondary N) is 2. The number of likely N-dealkylation sites (tertiary alicyclic amines) is 1. The van der Waals surface area contributed by atoms with Gasteiger partial charge < -0.3 is 25.0 Å². The number of hydrogen-bond donors (Lipinski definition) is 2. The molecule has 1 aliphatic rings. The van der Waals surface area contributed by atoms with Gasteiger partial charge in [-0.2, -0.15) is 0 Å². The summed E-state index contributed by atoms with van der Waals surface area (Å²) in [5.74, 6) is -0.926. The SMILES string of the molecule is CC(=O)Nc1ccc(NC(=O)COC(=O)c2ccc(OCC(=O)N3C(C)CCCC3C)cc2)cc1. The van der Waals surface area contributed by atoms with E-state index in [4.69, 9.17) is 9.47 Å². The molecule has 0 bridgehead atoms. The zero-order valence-corrected chi connectivity index (χ0v) is 20.2. The minimum Gasteiger partial charge on any atom is -0.484 e. The Labute approximate surface area is 204 Å². The summed E-state index contributed by atoms with van der Waals surface area (Å²) in [5, 5.41) is 5.24. The fourth-order valence-electron chi connectivity index (χ4n) is 4.07. The molecule has 1 aliphatic heterocycles. The summed E-state index contributed by atoms with van der Waals surface area (Å²) in [6.07, 6.45) is 3.12. The molecular formula is C26H31N3O6. The molecule has 0 spiro atoms. The van der Waals surface area contributed by atoms with Crippen molar-refractivity contribution >= 4 is 35.1 Å². The number of ether oxygens (including phenoxy) is 2. The van der Waals surface area contributed by atoms with Crippen LogP contribution in [0.2, 0.25) is 0 Å². The number of benzene rings is 2. The molecule has 1 heterocycles. The summed E-state index contributed by atoms with van der Waals surface area (Å²) in [4.78, 5) is 49.9. The number of piperidine rings is 1. The first kappa shape index (κ1) is 25.7. The van der Waals surface area contributed by atoms with E-state index in [1.807, 2.05) is 4.90 Å². The van der Waals surface area contributed by atoms with E-state index in [0.29, 0.717) is 17.1 Å². The van der Waals surface area contributed by atoms with Gasteiger partial charge in [0.1, 0.15) is 5.75 Å². The van der Waals surface area contributed by atoms with E-state index in [1.165, 1.54) is 19.1 Å². The lowest BCUT2D eigenvalue weighted by Gasteiger charge is -2.38. The van der Waals surface area contributed by atoms with Crippen LogP contribution in [0, 0.1) is 0 Å². The molecule has 35 heavy (non-hydrogen) atoms. The quantitative estimate of drug-likeness (QED) is 0.557. The molecule has 0 saturated carbocycles. The molecule has 2 N–H and O–H groups in total. The predicted octanol–water partition coefficient (Wildman–Crippen LogP) is 3.61. The minimum absolute atomic E-state index is 0.0519. The van der Waals surface area contributed by atoms with E-state index in [1.54, 1.807) is 36.4 Å². The van der Waals surface area contributed by atoms with Crippen LogP contribution in [0.15, 0.2) is 48.5 Å². The van der Waals surface area contributed by atoms with Crippen LogP contribution in [0.1, 0.15) is 50.4 Å². The molecule has 3 amide bonds. The molecule has 2 atom stereocenters. The van der Waals surface area contributed by atoms with Crippen molar-refractivity contribution in [2.24, 2.45) is 0 Å². The Bertz CT molecular complexity index is 1040. The number of rotatable bonds is 8. The molecule has 0 radical (unpaired) electrons. The van der Waals surface area contributed by atoms with Crippen molar-refractivity contribution < 1.29 is 28.7 Å². The van der Waals surface area contributed by atoms with E-state index < -0.39 is 18.5 Å². The Morgan fingerprint density at radius 2 is 1.43 bits per heavy atom. The third-order valence-electron chi connectivity index (χ3n) is 5.76. The third kappa shape index (κ3) is 7.56. The van der Waals surface area contributed by atoms with Crippen molar-refractivity contribution in [2.75, 3.05) is 23.8 Å². The summed E-state index contributed by atoms with van der Waals surface area (Å²) in [7, 11) is 0. The highest BCUT2D eigenvalue weighted by atomic mass is 16.5. The Balaban J connectivity index is 1.43. The van der Waals surface area contributed by atoms with E-state index in [0.717, 1.165) is 19.3 Å². The summed E-state index contributed by atoms with van der Waals surface area (Å²) in [6.45, 7) is 4.99. The van der Waals surface area contributed by atoms with Gasteiger partial charge in [0, 0.05) is 30.4 Å². The maximum Gasteiger partial charge on any atom is 0.338 e. The predicted molar refractivity (Wildman–Crippen MR) is 131 cm³/mol. The second-order valence-corrected chi connectivity index (χ2v) is 8.63. The molecule has 9 nitrogen and oxygen atoms in total. The van der Waals surface area contributed by atoms with Gasteiger partial charge in [0.15, 0.2) is 13.2 Å². The van der Waals surface area contributed by atoms with Crippen molar-refractivity contribution in [3.63, 3.8) is 0 Å². The van der Waals surface area contributed by atoms with Crippen molar-refractivity contribution in [3.8, 4) is 5.75 Å². The molecule has 186 valence electrons. The number of esters is 1. The first-order chi connectivity index (χ1) is 16.7. The van der Waals surface area contributed by atoms with Gasteiger partial charge in [0.25, 0.3) is 11.8 Å². The maximum absolute atomic E-state index is 12.6. The van der Waals surface area contributed by atoms with E-state index in [9.17, 15) is 19.2 Å². The minimum atomic E-state index is -0.653. The summed E-state index contributed by atoms with van der Waals surface area (Å²) in [6, 6.07) is 13.2. The smallest absolute Gasteiger partial charge is 0.338 e. The van der Waals surface area contributed by atoms with Crippen molar-refractivity contribution in [3.05, 3.63) is 54.1 Å². The van der Waals surface area contributed by atoms with Crippen LogP contribution in [-0.4, -0.2) is 53.9 Å². The van der Waals surface area contributed by atoms with Crippen LogP contribution >= 0.6 is 0 Å². The number of carbonyl (C=O) groups excluding carboxylic acids is 4. The molecule has 0 aliphatic carbocycles. The third-order valence-corrected chi connectivity index (χ3v) is 5.76. The molecule has 2 aromatic rings. The first-order valence-electron chi connectivity index (χ1n) is 11.6. The molecular weight excluding hydrogens is 450 g/mol. The van der Waals surface area contributed by atoms with E-state index in [2.05, 4.69) is 24.5 Å². The van der Waals surface area contributed by atoms with E-state index >= 15 is 0 Å². The summed E-state index contributed by atoms with van der Waals surface area (Å²) < 4.78 is 10.7. The zero-order chi connectivity index (χ0) is 25.4. The number of nitrogens with zero attached hydrogens (tertiary/aromatic N) is 1. The highest BCUT2D eigenvalue weighted by molar-refractivity contribution is 5.96. The van der Waals surface area contributed by atoms with Crippen LogP contribution in [0.25, 0.3) is 0 Å². The topological polar surface area (TPSA) is 114 Å². The van der Waals surface area contributed by atoms with Crippen LogP contribution in [0.4, 0.5) is 11.4 Å². The Hall–Kier alpha value is -3.88. The van der Waals surface area contributed by atoms with Crippen molar-refractivity contribution in [2.45, 2.75) is 52.1 Å². The molecule has 1 saturated heterocycles. The van der Waals surface area contributed by atoms with Gasteiger partial charge in [-0.3, -0.25) is 14.4 Å². The average molecular weight is 482 g/mol. The molecule has 3 rings (SSSR count). The highest BCUT2D eigenvalue weighted by Gasteiger charge is 2.29. The highest BCUT2D eigenvalue weighted by Crippen LogP contribution is 2.23. The van der Waals surface area contributed by atoms with Gasteiger partial charge in [-0.1, -0.05) is 0 Å². The fraction of sp³-hybridized carbons (Fsp3) is 0.385. The number of amides is 3. The van der Waals surface area contributed by atoms with Crippen LogP contribution in [0.3, 0.4) is 0 Å². The number of carbonyl (C=O) groups is 4. The lowest BCUT2D eigenvalue weighted by molar-refractivity contribution is -0.139. The van der Waals surface area contributed by atoms with Gasteiger partial charge >= 0.3 is 5.97 Å². The summed E-state index contributed by atoms with van der Waals surface area (Å²) >= 11 is 0. The largest absolute Gasteiger partial charge is 0.484 e. The second-order valence-electron chi connectivity index (χ2n) is 8.63. The number of anilines is 2. The Morgan fingerprint density at radius 3 is 2.00 bits per heavy atom. The average Bonchev–Trinajstić information content (AvgIpc) is 2.82. The van der Waals surface area contributed by atoms with Crippen molar-refractivity contribution in [1.82, 2.24) is 4.90 Å². The molecule has 2 unspecified atom stereocenters. The molecule has 1 fully saturated rings. The van der Waals surface area contributed by atoms with Crippen LogP contribution in [-0.2, 0) is 19.1 Å². The van der Waals surface area contributed by atoms with Gasteiger partial charge in [0.05, 0.1) is 5.56 Å². The van der Waals surface area contributed by atoms with Crippen molar-refractivity contribution in [1.29, 1.82) is 0 Å². The maximum atomic E-state index is 12.6. The number of hydrogen-bond acceptors (Lipinski definition) is 6. The fourth-order valence-corrected chi connectivity index (χ4v) is 4.07. The normalized spacial score (nSPS) is 17.3. The first-order valence-corrected chi connectivity index (χ1v) is 11.6. The summed E-state index contributed by atoms with van der Waals surface area (Å²) in [5.41, 5.74) is 1.37. The van der Waals surface area contributed by atoms with Gasteiger partial charge in [0.2, 0.25) is 5.91 Å². The molecule has 0 aromatic heterocycles. The lowest BCUT2D eigenvalue weighted by atomic mass is 9.97. The Kier molecular flexibility index (Phi) is 8.83. The molecule has 9 heteroatoms. The van der Waals surface area contributed by atoms with Gasteiger partial charge in [-0.05, 0) is 81.6 Å². The van der Waals surface area contributed by atoms with Gasteiger partial charge in [-0.25, -0.2) is 4.79 Å².